The van der Waals surface area contributed by atoms with E-state index in [9.17, 15) is 9.59 Å². The maximum absolute atomic E-state index is 12.7. The first kappa shape index (κ1) is 23.2. The lowest BCUT2D eigenvalue weighted by Gasteiger charge is -2.14. The molecular weight excluding hydrogens is 424 g/mol. The molecule has 31 heavy (non-hydrogen) atoms. The van der Waals surface area contributed by atoms with Crippen molar-refractivity contribution >= 4 is 51.9 Å². The summed E-state index contributed by atoms with van der Waals surface area (Å²) >= 11 is 6.77. The number of thiocarbonyl (C=S) groups is 1. The number of carbonyl (C=O) groups is 2. The normalized spacial score (nSPS) is 15.1. The number of anilines is 1. The lowest BCUT2D eigenvalue weighted by molar-refractivity contribution is -0.122. The summed E-state index contributed by atoms with van der Waals surface area (Å²) in [5.74, 6) is 0.00163. The van der Waals surface area contributed by atoms with E-state index in [1.807, 2.05) is 63.2 Å². The highest BCUT2D eigenvalue weighted by Crippen LogP contribution is 2.32. The van der Waals surface area contributed by atoms with Crippen LogP contribution in [0.15, 0.2) is 47.4 Å². The van der Waals surface area contributed by atoms with Gasteiger partial charge in [0.15, 0.2) is 0 Å². The molecule has 1 heterocycles. The molecule has 0 aliphatic carbocycles. The highest BCUT2D eigenvalue weighted by molar-refractivity contribution is 8.26. The molecule has 2 amide bonds. The highest BCUT2D eigenvalue weighted by Gasteiger charge is 2.31. The molecule has 0 unspecified atom stereocenters. The van der Waals surface area contributed by atoms with Crippen LogP contribution < -0.4 is 5.32 Å². The van der Waals surface area contributed by atoms with Crippen molar-refractivity contribution in [1.29, 1.82) is 0 Å². The standard InChI is InChI=1S/C25H28N2O2S2/c1-17-8-11-20(12-9-17)16-22-24(29)27(25(30)31-22)14-6-4-5-7-23(28)26-21-13-10-18(2)15-19(21)3/h8-13,15-16H,4-7,14H2,1-3H3,(H,26,28). The van der Waals surface area contributed by atoms with E-state index in [2.05, 4.69) is 11.4 Å². The minimum absolute atomic E-state index is 0.0248. The number of carbonyl (C=O) groups excluding carboxylic acids is 2. The Bertz CT molecular complexity index is 1010. The van der Waals surface area contributed by atoms with Gasteiger partial charge in [0, 0.05) is 18.7 Å². The molecule has 6 heteroatoms. The van der Waals surface area contributed by atoms with Crippen LogP contribution in [0.4, 0.5) is 5.69 Å². The number of rotatable bonds is 8. The lowest BCUT2D eigenvalue weighted by Crippen LogP contribution is -2.29. The van der Waals surface area contributed by atoms with Gasteiger partial charge in [0.25, 0.3) is 5.91 Å². The van der Waals surface area contributed by atoms with Crippen LogP contribution in [0.5, 0.6) is 0 Å². The zero-order valence-corrected chi connectivity index (χ0v) is 19.9. The van der Waals surface area contributed by atoms with Crippen molar-refractivity contribution in [2.45, 2.75) is 46.5 Å². The number of nitrogens with zero attached hydrogens (tertiary/aromatic N) is 1. The van der Waals surface area contributed by atoms with Crippen LogP contribution in [0.1, 0.15) is 47.9 Å². The first-order valence-electron chi connectivity index (χ1n) is 10.5. The first-order chi connectivity index (χ1) is 14.8. The molecule has 0 atom stereocenters. The fraction of sp³-hybridized carbons (Fsp3) is 0.320. The average molecular weight is 453 g/mol. The Kier molecular flexibility index (Phi) is 8.04. The topological polar surface area (TPSA) is 49.4 Å². The fourth-order valence-electron chi connectivity index (χ4n) is 3.41. The number of nitrogens with one attached hydrogen (secondary N) is 1. The molecule has 2 aromatic carbocycles. The van der Waals surface area contributed by atoms with Gasteiger partial charge < -0.3 is 5.32 Å². The molecule has 1 fully saturated rings. The molecule has 2 aromatic rings. The van der Waals surface area contributed by atoms with Crippen molar-refractivity contribution in [2.75, 3.05) is 11.9 Å². The molecule has 0 bridgehead atoms. The largest absolute Gasteiger partial charge is 0.326 e. The lowest BCUT2D eigenvalue weighted by atomic mass is 10.1. The van der Waals surface area contributed by atoms with Gasteiger partial charge in [0.05, 0.1) is 4.91 Å². The van der Waals surface area contributed by atoms with Crippen LogP contribution in [0.25, 0.3) is 6.08 Å². The Balaban J connectivity index is 1.42. The summed E-state index contributed by atoms with van der Waals surface area (Å²) in [6.07, 6.45) is 4.84. The third-order valence-electron chi connectivity index (χ3n) is 5.19. The smallest absolute Gasteiger partial charge is 0.266 e. The quantitative estimate of drug-likeness (QED) is 0.303. The summed E-state index contributed by atoms with van der Waals surface area (Å²) in [5.41, 5.74) is 5.31. The van der Waals surface area contributed by atoms with Gasteiger partial charge in [0.1, 0.15) is 4.32 Å². The van der Waals surface area contributed by atoms with Crippen molar-refractivity contribution in [3.8, 4) is 0 Å². The van der Waals surface area contributed by atoms with Gasteiger partial charge >= 0.3 is 0 Å². The minimum atomic E-state index is -0.0248. The zero-order chi connectivity index (χ0) is 22.4. The summed E-state index contributed by atoms with van der Waals surface area (Å²) in [6, 6.07) is 14.1. The van der Waals surface area contributed by atoms with Gasteiger partial charge in [-0.15, -0.1) is 0 Å². The summed E-state index contributed by atoms with van der Waals surface area (Å²) in [6.45, 7) is 6.66. The Morgan fingerprint density at radius 2 is 1.74 bits per heavy atom. The number of aryl methyl sites for hydroxylation is 3. The predicted molar refractivity (Wildman–Crippen MR) is 134 cm³/mol. The molecule has 1 N–H and O–H groups in total. The van der Waals surface area contributed by atoms with Crippen LogP contribution in [-0.2, 0) is 9.59 Å². The van der Waals surface area contributed by atoms with Gasteiger partial charge in [-0.3, -0.25) is 14.5 Å². The van der Waals surface area contributed by atoms with E-state index in [0.717, 1.165) is 36.1 Å². The maximum atomic E-state index is 12.7. The van der Waals surface area contributed by atoms with Gasteiger partial charge in [-0.25, -0.2) is 0 Å². The van der Waals surface area contributed by atoms with Gasteiger partial charge in [-0.05, 0) is 56.9 Å². The van der Waals surface area contributed by atoms with Crippen molar-refractivity contribution in [3.05, 3.63) is 69.6 Å². The van der Waals surface area contributed by atoms with Crippen molar-refractivity contribution in [1.82, 2.24) is 4.90 Å². The molecular formula is C25H28N2O2S2. The Morgan fingerprint density at radius 3 is 2.45 bits per heavy atom. The van der Waals surface area contributed by atoms with Crippen molar-refractivity contribution in [3.63, 3.8) is 0 Å². The van der Waals surface area contributed by atoms with Gasteiger partial charge in [-0.1, -0.05) is 77.9 Å². The molecule has 1 aliphatic heterocycles. The van der Waals surface area contributed by atoms with Crippen molar-refractivity contribution < 1.29 is 9.59 Å². The second-order valence-electron chi connectivity index (χ2n) is 7.92. The van der Waals surface area contributed by atoms with Gasteiger partial charge in [0.2, 0.25) is 5.91 Å². The minimum Gasteiger partial charge on any atom is -0.326 e. The predicted octanol–water partition coefficient (Wildman–Crippen LogP) is 6.01. The third-order valence-corrected chi connectivity index (χ3v) is 6.57. The number of amides is 2. The summed E-state index contributed by atoms with van der Waals surface area (Å²) in [7, 11) is 0. The van der Waals surface area contributed by atoms with E-state index in [1.165, 1.54) is 22.9 Å². The second kappa shape index (κ2) is 10.7. The SMILES string of the molecule is Cc1ccc(C=C2SC(=S)N(CCCCCC(=O)Nc3ccc(C)cc3C)C2=O)cc1. The number of benzene rings is 2. The summed E-state index contributed by atoms with van der Waals surface area (Å²) < 4.78 is 0.607. The van der Waals surface area contributed by atoms with E-state index in [0.29, 0.717) is 22.2 Å². The van der Waals surface area contributed by atoms with Crippen LogP contribution in [0.2, 0.25) is 0 Å². The van der Waals surface area contributed by atoms with E-state index in [1.54, 1.807) is 4.90 Å². The van der Waals surface area contributed by atoms with Crippen LogP contribution in [-0.4, -0.2) is 27.6 Å². The van der Waals surface area contributed by atoms with Crippen LogP contribution in [0, 0.1) is 20.8 Å². The second-order valence-corrected chi connectivity index (χ2v) is 9.60. The van der Waals surface area contributed by atoms with Gasteiger partial charge in [-0.2, -0.15) is 0 Å². The molecule has 1 saturated heterocycles. The third kappa shape index (κ3) is 6.52. The van der Waals surface area contributed by atoms with Crippen molar-refractivity contribution in [2.24, 2.45) is 0 Å². The Hall–Kier alpha value is -2.44. The highest BCUT2D eigenvalue weighted by atomic mass is 32.2. The number of unbranched alkanes of at least 4 members (excludes halogenated alkanes) is 2. The molecule has 162 valence electrons. The van der Waals surface area contributed by atoms with Crippen LogP contribution >= 0.6 is 24.0 Å². The van der Waals surface area contributed by atoms with E-state index in [4.69, 9.17) is 12.2 Å². The maximum Gasteiger partial charge on any atom is 0.266 e. The summed E-state index contributed by atoms with van der Waals surface area (Å²) in [5, 5.41) is 2.98. The molecule has 0 aromatic heterocycles. The molecule has 3 rings (SSSR count). The molecule has 1 aliphatic rings. The number of thioether (sulfide) groups is 1. The fourth-order valence-corrected chi connectivity index (χ4v) is 4.71. The average Bonchev–Trinajstić information content (AvgIpc) is 2.98. The summed E-state index contributed by atoms with van der Waals surface area (Å²) in [4.78, 5) is 27.3. The molecule has 0 spiro atoms. The van der Waals surface area contributed by atoms with E-state index >= 15 is 0 Å². The van der Waals surface area contributed by atoms with Crippen LogP contribution in [0.3, 0.4) is 0 Å². The Morgan fingerprint density at radius 1 is 1.03 bits per heavy atom. The first-order valence-corrected chi connectivity index (χ1v) is 11.7. The van der Waals surface area contributed by atoms with E-state index in [-0.39, 0.29) is 11.8 Å². The number of hydrogen-bond donors (Lipinski definition) is 1. The zero-order valence-electron chi connectivity index (χ0n) is 18.2. The molecule has 0 radical (unpaired) electrons. The monoisotopic (exact) mass is 452 g/mol. The van der Waals surface area contributed by atoms with E-state index < -0.39 is 0 Å². The Labute approximate surface area is 194 Å². The number of hydrogen-bond acceptors (Lipinski definition) is 4. The molecule has 0 saturated carbocycles. The molecule has 4 nitrogen and oxygen atoms in total.